The summed E-state index contributed by atoms with van der Waals surface area (Å²) >= 11 is 5.46. The Bertz CT molecular complexity index is 940. The number of amides is 1. The molecule has 3 heterocycles. The monoisotopic (exact) mass is 388 g/mol. The van der Waals surface area contributed by atoms with Gasteiger partial charge in [-0.25, -0.2) is 9.37 Å². The summed E-state index contributed by atoms with van der Waals surface area (Å²) < 4.78 is 21.7. The van der Waals surface area contributed by atoms with Gasteiger partial charge in [-0.05, 0) is 18.6 Å². The summed E-state index contributed by atoms with van der Waals surface area (Å²) in [6.07, 6.45) is 0.654. The standard InChI is InChI=1S/C19H21FN4O2S/c1-22-16(21-17(12-19(22)27)23-7-9-26-10-8-23)11-18(25)24-6-5-13-14(20)3-2-4-15(13)24/h2-4,12H,5-11H2,1H3. The minimum Gasteiger partial charge on any atom is -0.378 e. The minimum atomic E-state index is -0.256. The highest BCUT2D eigenvalue weighted by Gasteiger charge is 2.27. The summed E-state index contributed by atoms with van der Waals surface area (Å²) in [5, 5.41) is 0. The lowest BCUT2D eigenvalue weighted by Gasteiger charge is -2.28. The van der Waals surface area contributed by atoms with Crippen molar-refractivity contribution in [3.05, 3.63) is 46.1 Å². The number of morpholine rings is 1. The van der Waals surface area contributed by atoms with Gasteiger partial charge in [-0.1, -0.05) is 18.3 Å². The predicted molar refractivity (Wildman–Crippen MR) is 103 cm³/mol. The van der Waals surface area contributed by atoms with E-state index in [1.54, 1.807) is 21.6 Å². The van der Waals surface area contributed by atoms with Gasteiger partial charge in [-0.3, -0.25) is 4.79 Å². The number of fused-ring (bicyclic) bond motifs is 1. The van der Waals surface area contributed by atoms with Gasteiger partial charge in [0, 0.05) is 44.0 Å². The zero-order valence-corrected chi connectivity index (χ0v) is 16.0. The molecule has 6 nitrogen and oxygen atoms in total. The molecule has 2 aromatic rings. The Morgan fingerprint density at radius 2 is 2.07 bits per heavy atom. The molecule has 0 bridgehead atoms. The predicted octanol–water partition coefficient (Wildman–Crippen LogP) is 2.26. The van der Waals surface area contributed by atoms with Crippen molar-refractivity contribution >= 4 is 29.6 Å². The average Bonchev–Trinajstić information content (AvgIpc) is 3.11. The first-order chi connectivity index (χ1) is 13.0. The second-order valence-corrected chi connectivity index (χ2v) is 7.16. The summed E-state index contributed by atoms with van der Waals surface area (Å²) in [5.41, 5.74) is 1.26. The van der Waals surface area contributed by atoms with E-state index in [4.69, 9.17) is 17.0 Å². The number of carbonyl (C=O) groups is 1. The SMILES string of the molecule is Cn1c(CC(=O)N2CCc3c(F)cccc32)nc(N2CCOCC2)cc1=S. The van der Waals surface area contributed by atoms with Crippen LogP contribution in [0.25, 0.3) is 0 Å². The number of halogens is 1. The first-order valence-corrected chi connectivity index (χ1v) is 9.43. The summed E-state index contributed by atoms with van der Waals surface area (Å²) in [6, 6.07) is 6.72. The molecule has 27 heavy (non-hydrogen) atoms. The van der Waals surface area contributed by atoms with Crippen molar-refractivity contribution in [3.63, 3.8) is 0 Å². The van der Waals surface area contributed by atoms with E-state index < -0.39 is 0 Å². The Labute approximate surface area is 162 Å². The second-order valence-electron chi connectivity index (χ2n) is 6.74. The van der Waals surface area contributed by atoms with Crippen molar-refractivity contribution in [3.8, 4) is 0 Å². The summed E-state index contributed by atoms with van der Waals surface area (Å²) in [4.78, 5) is 21.4. The number of ether oxygens (including phenoxy) is 1. The van der Waals surface area contributed by atoms with Crippen LogP contribution in [0.2, 0.25) is 0 Å². The highest BCUT2D eigenvalue weighted by Crippen LogP contribution is 2.30. The van der Waals surface area contributed by atoms with Crippen molar-refractivity contribution < 1.29 is 13.9 Å². The van der Waals surface area contributed by atoms with Crippen LogP contribution in [0, 0.1) is 10.5 Å². The number of anilines is 2. The smallest absolute Gasteiger partial charge is 0.234 e. The molecule has 142 valence electrons. The van der Waals surface area contributed by atoms with Crippen LogP contribution < -0.4 is 9.80 Å². The number of rotatable bonds is 3. The Hall–Kier alpha value is -2.32. The van der Waals surface area contributed by atoms with E-state index in [0.717, 1.165) is 18.9 Å². The van der Waals surface area contributed by atoms with Crippen LogP contribution in [0.4, 0.5) is 15.9 Å². The Kier molecular flexibility index (Phi) is 4.92. The lowest BCUT2D eigenvalue weighted by Crippen LogP contribution is -2.37. The van der Waals surface area contributed by atoms with Gasteiger partial charge in [0.1, 0.15) is 22.1 Å². The van der Waals surface area contributed by atoms with E-state index in [-0.39, 0.29) is 18.1 Å². The third-order valence-corrected chi connectivity index (χ3v) is 5.52. The molecule has 4 rings (SSSR count). The number of carbonyl (C=O) groups excluding carboxylic acids is 1. The molecular formula is C19H21FN4O2S. The Morgan fingerprint density at radius 3 is 2.85 bits per heavy atom. The van der Waals surface area contributed by atoms with Gasteiger partial charge in [0.15, 0.2) is 0 Å². The lowest BCUT2D eigenvalue weighted by molar-refractivity contribution is -0.118. The van der Waals surface area contributed by atoms with E-state index in [1.807, 2.05) is 13.1 Å². The minimum absolute atomic E-state index is 0.101. The summed E-state index contributed by atoms with van der Waals surface area (Å²) in [6.45, 7) is 3.30. The maximum atomic E-state index is 13.9. The fourth-order valence-corrected chi connectivity index (χ4v) is 3.78. The van der Waals surface area contributed by atoms with Crippen molar-refractivity contribution in [2.75, 3.05) is 42.6 Å². The van der Waals surface area contributed by atoms with Gasteiger partial charge in [0.05, 0.1) is 19.6 Å². The third-order valence-electron chi connectivity index (χ3n) is 5.13. The van der Waals surface area contributed by atoms with E-state index in [1.165, 1.54) is 6.07 Å². The van der Waals surface area contributed by atoms with Crippen molar-refractivity contribution in [1.29, 1.82) is 0 Å². The first-order valence-electron chi connectivity index (χ1n) is 9.02. The fraction of sp³-hybridized carbons (Fsp3) is 0.421. The molecule has 0 aliphatic carbocycles. The number of hydrogen-bond acceptors (Lipinski definition) is 5. The van der Waals surface area contributed by atoms with Gasteiger partial charge >= 0.3 is 0 Å². The van der Waals surface area contributed by atoms with Gasteiger partial charge in [-0.15, -0.1) is 0 Å². The van der Waals surface area contributed by atoms with Crippen LogP contribution >= 0.6 is 12.2 Å². The number of nitrogens with zero attached hydrogens (tertiary/aromatic N) is 4. The Morgan fingerprint density at radius 1 is 1.30 bits per heavy atom. The van der Waals surface area contributed by atoms with Gasteiger partial charge < -0.3 is 19.1 Å². The fourth-order valence-electron chi connectivity index (χ4n) is 3.57. The maximum Gasteiger partial charge on any atom is 0.234 e. The molecule has 0 atom stereocenters. The second kappa shape index (κ2) is 7.36. The molecule has 0 N–H and O–H groups in total. The maximum absolute atomic E-state index is 13.9. The van der Waals surface area contributed by atoms with Gasteiger partial charge in [0.2, 0.25) is 5.91 Å². The highest BCUT2D eigenvalue weighted by molar-refractivity contribution is 7.71. The lowest BCUT2D eigenvalue weighted by atomic mass is 10.1. The quantitative estimate of drug-likeness (QED) is 0.755. The molecule has 0 radical (unpaired) electrons. The average molecular weight is 388 g/mol. The van der Waals surface area contributed by atoms with Crippen LogP contribution in [-0.2, 0) is 29.4 Å². The molecule has 0 saturated carbocycles. The molecule has 0 spiro atoms. The summed E-state index contributed by atoms with van der Waals surface area (Å²) in [5.74, 6) is 1.03. The molecule has 1 aromatic heterocycles. The number of aromatic nitrogens is 2. The zero-order chi connectivity index (χ0) is 19.0. The molecule has 2 aliphatic rings. The van der Waals surface area contributed by atoms with E-state index in [2.05, 4.69) is 9.88 Å². The molecule has 1 amide bonds. The molecular weight excluding hydrogens is 367 g/mol. The Balaban J connectivity index is 1.59. The topological polar surface area (TPSA) is 50.6 Å². The van der Waals surface area contributed by atoms with Crippen molar-refractivity contribution in [2.45, 2.75) is 12.8 Å². The first kappa shape index (κ1) is 18.1. The van der Waals surface area contributed by atoms with Crippen LogP contribution in [0.1, 0.15) is 11.4 Å². The van der Waals surface area contributed by atoms with Gasteiger partial charge in [0.25, 0.3) is 0 Å². The van der Waals surface area contributed by atoms with Crippen molar-refractivity contribution in [1.82, 2.24) is 9.55 Å². The normalized spacial score (nSPS) is 16.5. The molecule has 1 aromatic carbocycles. The number of hydrogen-bond donors (Lipinski definition) is 0. The van der Waals surface area contributed by atoms with E-state index >= 15 is 0 Å². The third kappa shape index (κ3) is 3.46. The van der Waals surface area contributed by atoms with Crippen LogP contribution in [0.5, 0.6) is 0 Å². The largest absolute Gasteiger partial charge is 0.378 e. The number of benzene rings is 1. The molecule has 1 saturated heterocycles. The molecule has 0 unspecified atom stereocenters. The van der Waals surface area contributed by atoms with E-state index in [9.17, 15) is 9.18 Å². The molecule has 8 heteroatoms. The highest BCUT2D eigenvalue weighted by atomic mass is 32.1. The van der Waals surface area contributed by atoms with Crippen LogP contribution in [0.15, 0.2) is 24.3 Å². The molecule has 1 fully saturated rings. The zero-order valence-electron chi connectivity index (χ0n) is 15.2. The van der Waals surface area contributed by atoms with Gasteiger partial charge in [-0.2, -0.15) is 0 Å². The van der Waals surface area contributed by atoms with Crippen molar-refractivity contribution in [2.24, 2.45) is 7.05 Å². The summed E-state index contributed by atoms with van der Waals surface area (Å²) in [7, 11) is 1.82. The molecule has 2 aliphatic heterocycles. The van der Waals surface area contributed by atoms with Crippen LogP contribution in [-0.4, -0.2) is 48.3 Å². The van der Waals surface area contributed by atoms with Crippen LogP contribution in [0.3, 0.4) is 0 Å². The van der Waals surface area contributed by atoms with E-state index in [0.29, 0.717) is 47.9 Å².